The first-order chi connectivity index (χ1) is 71.9. The fourth-order valence-corrected chi connectivity index (χ4v) is 23.4. The maximum absolute atomic E-state index is 2.48. The Balaban J connectivity index is 0.000000106. The average Bonchev–Trinajstić information content (AvgIpc) is 1.68. The maximum Gasteiger partial charge on any atom is 0.0541 e. The lowest BCUT2D eigenvalue weighted by Crippen LogP contribution is -2.19. The lowest BCUT2D eigenvalue weighted by molar-refractivity contribution is 1.09. The second-order valence-electron chi connectivity index (χ2n) is 38.6. The van der Waals surface area contributed by atoms with Crippen LogP contribution < -0.4 is 14.7 Å². The van der Waals surface area contributed by atoms with Crippen LogP contribution in [0.1, 0.15) is 33.4 Å². The Morgan fingerprint density at radius 3 is 0.731 bits per heavy atom. The van der Waals surface area contributed by atoms with Gasteiger partial charge in [0.25, 0.3) is 0 Å². The van der Waals surface area contributed by atoms with E-state index < -0.39 is 0 Å². The first kappa shape index (κ1) is 84.2. The van der Waals surface area contributed by atoms with Crippen LogP contribution in [0.25, 0.3) is 181 Å². The number of aromatic nitrogens is 3. The molecule has 6 heterocycles. The molecule has 0 atom stereocenters. The van der Waals surface area contributed by atoms with Crippen molar-refractivity contribution in [2.24, 2.45) is 0 Å². The molecule has 680 valence electrons. The predicted molar refractivity (Wildman–Crippen MR) is 612 cm³/mol. The van der Waals surface area contributed by atoms with Crippen LogP contribution in [0.5, 0.6) is 0 Å². The number of hydrogen-bond acceptors (Lipinski definition) is 3. The van der Waals surface area contributed by atoms with E-state index in [0.717, 1.165) is 19.3 Å². The highest BCUT2D eigenvalue weighted by Crippen LogP contribution is 2.53. The molecule has 0 bridgehead atoms. The highest BCUT2D eigenvalue weighted by molar-refractivity contribution is 6.13. The van der Waals surface area contributed by atoms with Gasteiger partial charge in [-0.2, -0.15) is 0 Å². The zero-order valence-electron chi connectivity index (χ0n) is 79.6. The van der Waals surface area contributed by atoms with Gasteiger partial charge in [0.05, 0.1) is 38.8 Å². The topological polar surface area (TPSA) is 24.5 Å². The number of nitrogens with zero attached hydrogens (tertiary/aromatic N) is 6. The van der Waals surface area contributed by atoms with Crippen molar-refractivity contribution in [2.45, 2.75) is 19.3 Å². The van der Waals surface area contributed by atoms with E-state index in [1.807, 2.05) is 0 Å². The van der Waals surface area contributed by atoms with E-state index >= 15 is 0 Å². The quantitative estimate of drug-likeness (QED) is 0.129. The van der Waals surface area contributed by atoms with Gasteiger partial charge in [0.15, 0.2) is 0 Å². The molecule has 3 aliphatic heterocycles. The Morgan fingerprint density at radius 2 is 0.352 bits per heavy atom. The number of fused-ring (bicyclic) bond motifs is 19. The summed E-state index contributed by atoms with van der Waals surface area (Å²) >= 11 is 0. The summed E-state index contributed by atoms with van der Waals surface area (Å²) in [7, 11) is 0. The zero-order valence-corrected chi connectivity index (χ0v) is 79.6. The van der Waals surface area contributed by atoms with Crippen LogP contribution in [0.3, 0.4) is 0 Å². The summed E-state index contributed by atoms with van der Waals surface area (Å²) in [5.74, 6) is 0. The molecule has 0 saturated heterocycles. The number of para-hydroxylation sites is 7. The zero-order chi connectivity index (χ0) is 95.5. The molecule has 0 N–H and O–H groups in total. The molecule has 6 heteroatoms. The predicted octanol–water partition coefficient (Wildman–Crippen LogP) is 37.4. The van der Waals surface area contributed by atoms with Gasteiger partial charge in [-0.15, -0.1) is 0 Å². The Bertz CT molecular complexity index is 9660. The van der Waals surface area contributed by atoms with Crippen molar-refractivity contribution in [3.05, 3.63) is 567 Å². The summed E-state index contributed by atoms with van der Waals surface area (Å²) in [4.78, 5) is 7.36. The fraction of sp³-hybridized carbons (Fsp3) is 0.0216. The van der Waals surface area contributed by atoms with Crippen molar-refractivity contribution >= 4 is 160 Å². The minimum Gasteiger partial charge on any atom is -0.310 e. The minimum absolute atomic E-state index is 0.862. The second-order valence-corrected chi connectivity index (χ2v) is 38.6. The summed E-state index contributed by atoms with van der Waals surface area (Å²) in [6.45, 7) is 0. The third-order valence-corrected chi connectivity index (χ3v) is 30.3. The van der Waals surface area contributed by atoms with Crippen molar-refractivity contribution in [3.63, 3.8) is 0 Å². The summed E-state index contributed by atoms with van der Waals surface area (Å²) < 4.78 is 7.14. The summed E-state index contributed by atoms with van der Waals surface area (Å²) in [6.07, 6.45) is 2.66. The molecule has 0 amide bonds. The Labute approximate surface area is 841 Å². The van der Waals surface area contributed by atoms with E-state index in [0.29, 0.717) is 0 Å². The molecule has 27 aromatic rings. The van der Waals surface area contributed by atoms with Gasteiger partial charge >= 0.3 is 0 Å². The largest absolute Gasteiger partial charge is 0.310 e. The SMILES string of the molecule is c1ccc(-c2ccc3c(c2)Cc2cc(-c4ccc(-n5c6ccccc6c6ccccc65)cc4)ccc2N3c2ccc3ccccc3c2)cc1.c1ccc2c(c1)Cc1cc(-c3ccc(-n4c5ccccc5c5ccccc54)cc3)ccc1N2c1ccc2ccccc2c1.c1ccc2cc(-c3ccc4c(c3)Cc3cc(-c5ccc(-n6c7ccccc7c7ccccc76)cc5)ccc3N4c3cccc4ccccc34)ccc2c1. The Hall–Kier alpha value is -18.9. The molecule has 0 aliphatic carbocycles. The van der Waals surface area contributed by atoms with Gasteiger partial charge in [-0.25, -0.2) is 0 Å². The van der Waals surface area contributed by atoms with Crippen molar-refractivity contribution in [3.8, 4) is 72.7 Å². The van der Waals surface area contributed by atoms with Gasteiger partial charge in [-0.1, -0.05) is 358 Å². The first-order valence-corrected chi connectivity index (χ1v) is 50.3. The highest BCUT2D eigenvalue weighted by Gasteiger charge is 2.31. The van der Waals surface area contributed by atoms with Crippen LogP contribution in [0.15, 0.2) is 534 Å². The molecule has 3 aliphatic rings. The third kappa shape index (κ3) is 14.8. The van der Waals surface area contributed by atoms with Crippen LogP contribution in [0, 0.1) is 0 Å². The van der Waals surface area contributed by atoms with E-state index in [4.69, 9.17) is 0 Å². The molecule has 3 aromatic heterocycles. The maximum atomic E-state index is 2.48. The molecule has 0 spiro atoms. The minimum atomic E-state index is 0.862. The molecule has 0 fully saturated rings. The van der Waals surface area contributed by atoms with Crippen LogP contribution in [-0.4, -0.2) is 13.7 Å². The second kappa shape index (κ2) is 35.2. The van der Waals surface area contributed by atoms with E-state index in [1.54, 1.807) is 0 Å². The Kier molecular flexibility index (Phi) is 20.4. The number of hydrogen-bond donors (Lipinski definition) is 0. The van der Waals surface area contributed by atoms with Gasteiger partial charge < -0.3 is 28.4 Å². The van der Waals surface area contributed by atoms with Crippen molar-refractivity contribution < 1.29 is 0 Å². The van der Waals surface area contributed by atoms with Crippen molar-refractivity contribution in [1.29, 1.82) is 0 Å². The number of benzene rings is 24. The van der Waals surface area contributed by atoms with Crippen molar-refractivity contribution in [1.82, 2.24) is 13.7 Å². The average molecular weight is 1850 g/mol. The molecule has 0 unspecified atom stereocenters. The standard InChI is InChI=1S/C51H34N2.C47H32N2.C41H28N2/c1-2-12-37-30-39(21-20-34(37)10-1)40-25-29-48-42(32-40)33-41-31-38(24-28-47(41)53(48)49-19-9-13-36-11-3-4-14-44(36)49)35-22-26-43(27-23-35)52-50-17-7-5-15-45(50)46-16-6-8-18-51(46)52;1-2-10-32(11-3-1)36-21-26-44-38(28-36)30-39-29-37(22-27-45(39)49(44)41-25-20-33-12-4-5-13-35(33)31-41)34-18-23-40(24-19-34)48-46-16-8-6-14-42(46)43-15-7-9-17-47(43)48;1-2-10-30-27-35(23-19-28(30)9-1)43-38-14-6-3-11-32(38)26-33-25-31(20-24-39(33)43)29-17-21-34(22-18-29)42-40-15-7-4-12-36(40)37-13-5-8-16-41(37)42/h1-32H,33H2;1-29,31H,30H2;1-25,27H,26H2. The van der Waals surface area contributed by atoms with Gasteiger partial charge in [0, 0.05) is 120 Å². The summed E-state index contributed by atoms with van der Waals surface area (Å²) in [6, 6.07) is 195. The monoisotopic (exact) mass is 1850 g/mol. The van der Waals surface area contributed by atoms with Crippen LogP contribution in [0.4, 0.5) is 51.2 Å². The molecule has 24 aromatic carbocycles. The molecule has 6 nitrogen and oxygen atoms in total. The van der Waals surface area contributed by atoms with E-state index in [9.17, 15) is 0 Å². The van der Waals surface area contributed by atoms with Crippen LogP contribution in [-0.2, 0) is 19.3 Å². The van der Waals surface area contributed by atoms with Crippen LogP contribution >= 0.6 is 0 Å². The fourth-order valence-electron chi connectivity index (χ4n) is 23.4. The first-order valence-electron chi connectivity index (χ1n) is 50.3. The number of rotatable bonds is 11. The molecular formula is C139H94N6. The Morgan fingerprint density at radius 1 is 0.117 bits per heavy atom. The molecule has 0 radical (unpaired) electrons. The van der Waals surface area contributed by atoms with Crippen LogP contribution in [0.2, 0.25) is 0 Å². The molecule has 145 heavy (non-hydrogen) atoms. The lowest BCUT2D eigenvalue weighted by Gasteiger charge is -2.35. The van der Waals surface area contributed by atoms with Gasteiger partial charge in [-0.3, -0.25) is 0 Å². The van der Waals surface area contributed by atoms with Gasteiger partial charge in [0.1, 0.15) is 0 Å². The lowest BCUT2D eigenvalue weighted by atomic mass is 9.89. The normalized spacial score (nSPS) is 12.4. The molecule has 30 rings (SSSR count). The molecule has 0 saturated carbocycles. The van der Waals surface area contributed by atoms with Gasteiger partial charge in [0.2, 0.25) is 0 Å². The number of anilines is 9. The summed E-state index contributed by atoms with van der Waals surface area (Å²) in [5.41, 5.74) is 42.3. The molecular weight excluding hydrogens is 1750 g/mol. The van der Waals surface area contributed by atoms with E-state index in [1.165, 1.54) is 266 Å². The van der Waals surface area contributed by atoms with Gasteiger partial charge in [-0.05, 0) is 303 Å². The van der Waals surface area contributed by atoms with Crippen molar-refractivity contribution in [2.75, 3.05) is 14.7 Å². The van der Waals surface area contributed by atoms with E-state index in [2.05, 4.69) is 562 Å². The van der Waals surface area contributed by atoms with E-state index in [-0.39, 0.29) is 0 Å². The smallest absolute Gasteiger partial charge is 0.0541 e. The third-order valence-electron chi connectivity index (χ3n) is 30.3. The highest BCUT2D eigenvalue weighted by atomic mass is 15.2. The summed E-state index contributed by atoms with van der Waals surface area (Å²) in [5, 5.41) is 17.7.